The van der Waals surface area contributed by atoms with Gasteiger partial charge in [0.2, 0.25) is 0 Å². The van der Waals surface area contributed by atoms with Gasteiger partial charge in [0.1, 0.15) is 4.88 Å². The first-order chi connectivity index (χ1) is 10.3. The van der Waals surface area contributed by atoms with E-state index in [1.165, 1.54) is 25.4 Å². The fraction of sp³-hybridized carbons (Fsp3) is 0.533. The topological polar surface area (TPSA) is 65.0 Å². The maximum Gasteiger partial charge on any atom is 0.348 e. The molecule has 1 heterocycles. The highest BCUT2D eigenvalue weighted by atomic mass is 32.2. The summed E-state index contributed by atoms with van der Waals surface area (Å²) in [7, 11) is 1.38. The Bertz CT molecular complexity index is 646. The third-order valence-corrected chi connectivity index (χ3v) is 5.74. The summed E-state index contributed by atoms with van der Waals surface area (Å²) in [6.07, 6.45) is 3.41. The fourth-order valence-electron chi connectivity index (χ4n) is 2.58. The van der Waals surface area contributed by atoms with Crippen LogP contribution in [0.4, 0.5) is 0 Å². The number of thiophene rings is 1. The maximum absolute atomic E-state index is 12.1. The van der Waals surface area contributed by atoms with Crippen molar-refractivity contribution < 1.29 is 19.2 Å². The lowest BCUT2D eigenvalue weighted by molar-refractivity contribution is -0.140. The molecule has 2 rings (SSSR count). The molecule has 7 heteroatoms. The van der Waals surface area contributed by atoms with E-state index >= 15 is 0 Å². The number of carbonyl (C=O) groups excluding carboxylic acids is 2. The third kappa shape index (κ3) is 3.35. The van der Waals surface area contributed by atoms with E-state index in [0.29, 0.717) is 11.3 Å². The molecule has 0 fully saturated rings. The number of hydrogen-bond donors (Lipinski definition) is 0. The van der Waals surface area contributed by atoms with Gasteiger partial charge in [0, 0.05) is 12.5 Å². The lowest BCUT2D eigenvalue weighted by Crippen LogP contribution is -2.28. The molecule has 0 saturated carbocycles. The predicted molar refractivity (Wildman–Crippen MR) is 87.8 cm³/mol. The molecule has 1 aromatic rings. The van der Waals surface area contributed by atoms with Crippen LogP contribution in [0.2, 0.25) is 0 Å². The summed E-state index contributed by atoms with van der Waals surface area (Å²) in [5.74, 6) is -0.780. The number of esters is 1. The van der Waals surface area contributed by atoms with E-state index in [0.717, 1.165) is 27.5 Å². The summed E-state index contributed by atoms with van der Waals surface area (Å²) in [6, 6.07) is 0. The van der Waals surface area contributed by atoms with Gasteiger partial charge in [-0.05, 0) is 30.1 Å². The first kappa shape index (κ1) is 17.0. The molecular formula is C15H19NO4S2. The third-order valence-electron chi connectivity index (χ3n) is 3.41. The van der Waals surface area contributed by atoms with Crippen molar-refractivity contribution in [2.24, 2.45) is 10.6 Å². The van der Waals surface area contributed by atoms with Crippen LogP contribution in [0.5, 0.6) is 0 Å². The van der Waals surface area contributed by atoms with E-state index in [2.05, 4.69) is 19.0 Å². The van der Waals surface area contributed by atoms with Gasteiger partial charge in [0.15, 0.2) is 0 Å². The summed E-state index contributed by atoms with van der Waals surface area (Å²) in [5, 5.41) is 4.04. The second kappa shape index (κ2) is 6.42. The van der Waals surface area contributed by atoms with Gasteiger partial charge in [-0.15, -0.1) is 23.1 Å². The fourth-order valence-corrected chi connectivity index (χ4v) is 4.61. The Labute approximate surface area is 138 Å². The standard InChI is InChI=1S/C15H19NO4S2/c1-8(17)20-16-10-7-15(2,3)6-9-11(10)14(21-5)22-12(9)13(18)19-4/h6-7H2,1-5H3. The van der Waals surface area contributed by atoms with Crippen molar-refractivity contribution >= 4 is 40.7 Å². The van der Waals surface area contributed by atoms with Crippen LogP contribution in [0, 0.1) is 5.41 Å². The second-order valence-corrected chi connectivity index (χ2v) is 8.00. The Morgan fingerprint density at radius 2 is 2.00 bits per heavy atom. The quantitative estimate of drug-likeness (QED) is 0.364. The number of fused-ring (bicyclic) bond motifs is 1. The van der Waals surface area contributed by atoms with Crippen molar-refractivity contribution in [3.8, 4) is 0 Å². The van der Waals surface area contributed by atoms with Crippen molar-refractivity contribution in [3.05, 3.63) is 16.0 Å². The number of hydrogen-bond acceptors (Lipinski definition) is 7. The summed E-state index contributed by atoms with van der Waals surface area (Å²) >= 11 is 2.97. The molecule has 0 bridgehead atoms. The lowest BCUT2D eigenvalue weighted by atomic mass is 9.74. The Morgan fingerprint density at radius 1 is 1.32 bits per heavy atom. The van der Waals surface area contributed by atoms with Crippen LogP contribution in [0.3, 0.4) is 0 Å². The molecule has 0 aliphatic heterocycles. The first-order valence-corrected chi connectivity index (χ1v) is 8.86. The Kier molecular flexibility index (Phi) is 4.97. The SMILES string of the molecule is COC(=O)c1sc(SC)c2c1CC(C)(C)CC2=NOC(C)=O. The van der Waals surface area contributed by atoms with Gasteiger partial charge >= 0.3 is 11.9 Å². The number of methoxy groups -OCH3 is 1. The number of oxime groups is 1. The molecule has 1 aliphatic rings. The van der Waals surface area contributed by atoms with Crippen molar-refractivity contribution in [1.29, 1.82) is 0 Å². The molecule has 0 atom stereocenters. The normalized spacial score (nSPS) is 18.0. The van der Waals surface area contributed by atoms with Gasteiger partial charge in [-0.25, -0.2) is 9.59 Å². The molecule has 0 radical (unpaired) electrons. The summed E-state index contributed by atoms with van der Waals surface area (Å²) < 4.78 is 5.90. The highest BCUT2D eigenvalue weighted by molar-refractivity contribution is 8.00. The van der Waals surface area contributed by atoms with Crippen LogP contribution in [-0.2, 0) is 20.8 Å². The van der Waals surface area contributed by atoms with E-state index in [9.17, 15) is 9.59 Å². The zero-order valence-corrected chi connectivity index (χ0v) is 14.9. The van der Waals surface area contributed by atoms with E-state index in [4.69, 9.17) is 9.57 Å². The number of carbonyl (C=O) groups is 2. The Morgan fingerprint density at radius 3 is 2.55 bits per heavy atom. The van der Waals surface area contributed by atoms with Crippen LogP contribution in [0.1, 0.15) is 48.0 Å². The van der Waals surface area contributed by atoms with Crippen LogP contribution in [0.25, 0.3) is 0 Å². The zero-order chi connectivity index (χ0) is 16.5. The summed E-state index contributed by atoms with van der Waals surface area (Å²) in [4.78, 5) is 28.6. The Balaban J connectivity index is 2.61. The number of thioether (sulfide) groups is 1. The molecule has 0 unspecified atom stereocenters. The van der Waals surface area contributed by atoms with Crippen LogP contribution in [0.15, 0.2) is 9.36 Å². The number of nitrogens with zero attached hydrogens (tertiary/aromatic N) is 1. The van der Waals surface area contributed by atoms with Crippen molar-refractivity contribution in [3.63, 3.8) is 0 Å². The molecule has 0 spiro atoms. The number of rotatable bonds is 3. The molecule has 0 N–H and O–H groups in total. The van der Waals surface area contributed by atoms with Gasteiger partial charge < -0.3 is 9.57 Å². The van der Waals surface area contributed by atoms with Gasteiger partial charge in [0.05, 0.1) is 17.0 Å². The minimum atomic E-state index is -0.452. The van der Waals surface area contributed by atoms with Crippen molar-refractivity contribution in [1.82, 2.24) is 0 Å². The molecule has 22 heavy (non-hydrogen) atoms. The average Bonchev–Trinajstić information content (AvgIpc) is 2.81. The lowest BCUT2D eigenvalue weighted by Gasteiger charge is -2.31. The number of ether oxygens (including phenoxy) is 1. The minimum absolute atomic E-state index is 0.0640. The molecule has 5 nitrogen and oxygen atoms in total. The second-order valence-electron chi connectivity index (χ2n) is 5.91. The van der Waals surface area contributed by atoms with Gasteiger partial charge in [-0.2, -0.15) is 0 Å². The van der Waals surface area contributed by atoms with Crippen LogP contribution in [-0.4, -0.2) is 31.0 Å². The molecule has 1 aromatic heterocycles. The van der Waals surface area contributed by atoms with Gasteiger partial charge in [0.25, 0.3) is 0 Å². The highest BCUT2D eigenvalue weighted by Crippen LogP contribution is 2.45. The van der Waals surface area contributed by atoms with Gasteiger partial charge in [-0.3, -0.25) is 0 Å². The van der Waals surface area contributed by atoms with Crippen molar-refractivity contribution in [2.75, 3.05) is 13.4 Å². The Hall–Kier alpha value is -1.34. The molecule has 0 amide bonds. The maximum atomic E-state index is 12.1. The smallest absolute Gasteiger partial charge is 0.348 e. The van der Waals surface area contributed by atoms with E-state index in [1.807, 2.05) is 6.26 Å². The monoisotopic (exact) mass is 341 g/mol. The summed E-state index contributed by atoms with van der Waals surface area (Å²) in [6.45, 7) is 5.54. The van der Waals surface area contributed by atoms with Crippen molar-refractivity contribution in [2.45, 2.75) is 37.8 Å². The van der Waals surface area contributed by atoms with E-state index in [-0.39, 0.29) is 11.4 Å². The van der Waals surface area contributed by atoms with Crippen LogP contribution >= 0.6 is 23.1 Å². The first-order valence-electron chi connectivity index (χ1n) is 6.82. The largest absolute Gasteiger partial charge is 0.465 e. The van der Waals surface area contributed by atoms with Gasteiger partial charge in [-0.1, -0.05) is 19.0 Å². The zero-order valence-electron chi connectivity index (χ0n) is 13.3. The predicted octanol–water partition coefficient (Wildman–Crippen LogP) is 3.50. The summed E-state index contributed by atoms with van der Waals surface area (Å²) in [5.41, 5.74) is 2.53. The van der Waals surface area contributed by atoms with Crippen LogP contribution < -0.4 is 0 Å². The minimum Gasteiger partial charge on any atom is -0.465 e. The average molecular weight is 341 g/mol. The molecule has 120 valence electrons. The molecule has 0 saturated heterocycles. The molecule has 0 aromatic carbocycles. The van der Waals surface area contributed by atoms with E-state index < -0.39 is 5.97 Å². The molecule has 1 aliphatic carbocycles. The highest BCUT2D eigenvalue weighted by Gasteiger charge is 2.37. The molecular weight excluding hydrogens is 322 g/mol. The van der Waals surface area contributed by atoms with E-state index in [1.54, 1.807) is 11.8 Å².